The molecule has 5 rings (SSSR count). The van der Waals surface area contributed by atoms with Crippen LogP contribution >= 0.6 is 0 Å². The number of rotatable bonds is 3. The zero-order chi connectivity index (χ0) is 28.6. The second-order valence-corrected chi connectivity index (χ2v) is 12.8. The van der Waals surface area contributed by atoms with Crippen molar-refractivity contribution in [3.8, 4) is 0 Å². The van der Waals surface area contributed by atoms with Gasteiger partial charge in [0.25, 0.3) is 5.54 Å². The number of nitrogens with zero attached hydrogens (tertiary/aromatic N) is 1. The third-order valence-corrected chi connectivity index (χ3v) is 11.2. The van der Waals surface area contributed by atoms with Gasteiger partial charge < -0.3 is 10.2 Å². The number of carbonyl (C=O) groups is 2. The minimum atomic E-state index is -5.80. The van der Waals surface area contributed by atoms with Crippen molar-refractivity contribution < 1.29 is 35.9 Å². The first-order chi connectivity index (χ1) is 18.1. The van der Waals surface area contributed by atoms with Gasteiger partial charge in [-0.1, -0.05) is 44.2 Å². The zero-order valence-electron chi connectivity index (χ0n) is 22.5. The molecule has 0 aromatic heterocycles. The molecule has 1 N–H and O–H groups in total. The Kier molecular flexibility index (Phi) is 6.62. The second-order valence-electron chi connectivity index (χ2n) is 12.8. The Morgan fingerprint density at radius 1 is 0.872 bits per heavy atom. The lowest BCUT2D eigenvalue weighted by atomic mass is 9.47. The average molecular weight is 559 g/mol. The Morgan fingerprint density at radius 3 is 2.10 bits per heavy atom. The molecule has 0 radical (unpaired) electrons. The molecule has 0 spiro atoms. The van der Waals surface area contributed by atoms with E-state index in [1.807, 2.05) is 18.9 Å². The van der Waals surface area contributed by atoms with Crippen LogP contribution in [0.1, 0.15) is 70.8 Å². The van der Waals surface area contributed by atoms with Crippen LogP contribution in [0.4, 0.5) is 26.3 Å². The van der Waals surface area contributed by atoms with Crippen LogP contribution < -0.4 is 5.32 Å². The molecule has 3 saturated carbocycles. The summed E-state index contributed by atoms with van der Waals surface area (Å²) in [5, 5.41) is 1.53. The molecular weight excluding hydrogens is 522 g/mol. The van der Waals surface area contributed by atoms with Crippen LogP contribution in [0.5, 0.6) is 0 Å². The van der Waals surface area contributed by atoms with Crippen molar-refractivity contribution in [3.05, 3.63) is 35.9 Å². The van der Waals surface area contributed by atoms with Gasteiger partial charge in [-0.25, -0.2) is 0 Å². The average Bonchev–Trinajstić information content (AvgIpc) is 3.21. The summed E-state index contributed by atoms with van der Waals surface area (Å²) in [7, 11) is 1.86. The van der Waals surface area contributed by atoms with Crippen molar-refractivity contribution in [2.24, 2.45) is 34.5 Å². The molecule has 0 bridgehead atoms. The molecule has 1 aliphatic heterocycles. The molecule has 2 unspecified atom stereocenters. The van der Waals surface area contributed by atoms with Gasteiger partial charge in [-0.3, -0.25) is 9.59 Å². The molecule has 4 fully saturated rings. The maximum atomic E-state index is 14.4. The summed E-state index contributed by atoms with van der Waals surface area (Å²) in [6.45, 7) is 4.13. The highest BCUT2D eigenvalue weighted by Crippen LogP contribution is 2.66. The summed E-state index contributed by atoms with van der Waals surface area (Å²) >= 11 is 0. The summed E-state index contributed by atoms with van der Waals surface area (Å²) in [6.07, 6.45) is -6.49. The number of carbonyl (C=O) groups excluding carboxylic acids is 2. The second kappa shape index (κ2) is 9.13. The van der Waals surface area contributed by atoms with Gasteiger partial charge in [0.05, 0.1) is 0 Å². The number of alkyl halides is 6. The standard InChI is InChI=1S/C29H36F6N2O2/c1-25-15-13-20-18(9-12-22-26(20,2)16-14-23(38)37(22)3)19(25)10-11-21(25)24(39)36-27(28(30,31)32,29(33,34)35)17-7-5-4-6-8-17/h4-8,18-22H,9-16H2,1-3H3,(H,36,39)/t18-,19-,20+,21?,22?,25-,26+/m0/s1. The smallest absolute Gasteiger partial charge is 0.342 e. The lowest BCUT2D eigenvalue weighted by Crippen LogP contribution is -2.66. The fraction of sp³-hybridized carbons (Fsp3) is 0.724. The van der Waals surface area contributed by atoms with Gasteiger partial charge in [0.1, 0.15) is 0 Å². The normalized spacial score (nSPS) is 37.1. The maximum Gasteiger partial charge on any atom is 0.424 e. The Morgan fingerprint density at radius 2 is 1.49 bits per heavy atom. The zero-order valence-corrected chi connectivity index (χ0v) is 22.5. The van der Waals surface area contributed by atoms with Crippen molar-refractivity contribution in [2.75, 3.05) is 7.05 Å². The van der Waals surface area contributed by atoms with Crippen molar-refractivity contribution in [1.82, 2.24) is 10.2 Å². The number of piperidine rings is 1. The van der Waals surface area contributed by atoms with E-state index in [1.165, 1.54) is 11.4 Å². The minimum absolute atomic E-state index is 0.0376. The molecule has 216 valence electrons. The molecule has 1 aromatic carbocycles. The molecule has 2 amide bonds. The van der Waals surface area contributed by atoms with Crippen molar-refractivity contribution in [2.45, 2.75) is 89.1 Å². The molecule has 1 aromatic rings. The molecule has 4 nitrogen and oxygen atoms in total. The summed E-state index contributed by atoms with van der Waals surface area (Å²) in [5.74, 6) is -1.41. The predicted octanol–water partition coefficient (Wildman–Crippen LogP) is 6.60. The molecule has 1 heterocycles. The number of benzene rings is 1. The van der Waals surface area contributed by atoms with Crippen LogP contribution in [0.2, 0.25) is 0 Å². The Balaban J connectivity index is 1.44. The summed E-state index contributed by atoms with van der Waals surface area (Å²) in [4.78, 5) is 27.8. The van der Waals surface area contributed by atoms with Crippen LogP contribution in [0, 0.1) is 34.5 Å². The van der Waals surface area contributed by atoms with Crippen LogP contribution in [-0.4, -0.2) is 42.2 Å². The van der Waals surface area contributed by atoms with E-state index in [4.69, 9.17) is 0 Å². The van der Waals surface area contributed by atoms with Gasteiger partial charge >= 0.3 is 12.4 Å². The molecule has 3 aliphatic carbocycles. The molecule has 10 heteroatoms. The van der Waals surface area contributed by atoms with Crippen molar-refractivity contribution >= 4 is 11.8 Å². The number of halogens is 6. The highest BCUT2D eigenvalue weighted by molar-refractivity contribution is 5.81. The number of fused-ring (bicyclic) bond motifs is 5. The molecule has 1 saturated heterocycles. The van der Waals surface area contributed by atoms with E-state index in [0.717, 1.165) is 49.9 Å². The highest BCUT2D eigenvalue weighted by Gasteiger charge is 2.73. The lowest BCUT2D eigenvalue weighted by molar-refractivity contribution is -0.312. The first kappa shape index (κ1) is 28.3. The summed E-state index contributed by atoms with van der Waals surface area (Å²) in [5.41, 5.74) is -6.31. The maximum absolute atomic E-state index is 14.4. The van der Waals surface area contributed by atoms with Gasteiger partial charge in [0, 0.05) is 25.4 Å². The SMILES string of the molecule is CN1C(=O)CC[C@@]2(C)C1CC[C@@H]1[C@H]2CC[C@]2(C)C(C(=O)NC(c3ccccc3)(C(F)(F)F)C(F)(F)F)CC[C@@H]12. The fourth-order valence-electron chi connectivity index (χ4n) is 9.24. The number of likely N-dealkylation sites (tertiary alicyclic amines) is 1. The minimum Gasteiger partial charge on any atom is -0.342 e. The first-order valence-corrected chi connectivity index (χ1v) is 13.8. The van der Waals surface area contributed by atoms with E-state index in [0.29, 0.717) is 25.2 Å². The topological polar surface area (TPSA) is 49.4 Å². The molecular formula is C29H36F6N2O2. The van der Waals surface area contributed by atoms with E-state index in [-0.39, 0.29) is 35.6 Å². The van der Waals surface area contributed by atoms with Gasteiger partial charge in [0.2, 0.25) is 11.8 Å². The first-order valence-electron chi connectivity index (χ1n) is 13.8. The lowest BCUT2D eigenvalue weighted by Gasteiger charge is -2.61. The van der Waals surface area contributed by atoms with E-state index in [2.05, 4.69) is 6.92 Å². The number of amides is 2. The van der Waals surface area contributed by atoms with Crippen LogP contribution in [-0.2, 0) is 15.1 Å². The predicted molar refractivity (Wildman–Crippen MR) is 132 cm³/mol. The third-order valence-electron chi connectivity index (χ3n) is 11.2. The van der Waals surface area contributed by atoms with E-state index < -0.39 is 40.7 Å². The molecule has 4 aliphatic rings. The van der Waals surface area contributed by atoms with Gasteiger partial charge in [-0.05, 0) is 79.1 Å². The van der Waals surface area contributed by atoms with Crippen LogP contribution in [0.3, 0.4) is 0 Å². The van der Waals surface area contributed by atoms with Gasteiger partial charge in [-0.15, -0.1) is 0 Å². The third kappa shape index (κ3) is 4.01. The highest BCUT2D eigenvalue weighted by atomic mass is 19.4. The number of hydrogen-bond acceptors (Lipinski definition) is 2. The van der Waals surface area contributed by atoms with Crippen molar-refractivity contribution in [1.29, 1.82) is 0 Å². The Bertz CT molecular complexity index is 1110. The summed E-state index contributed by atoms with van der Waals surface area (Å²) in [6, 6.07) is 5.20. The number of nitrogens with one attached hydrogen (secondary N) is 1. The monoisotopic (exact) mass is 558 g/mol. The molecule has 7 atom stereocenters. The summed E-state index contributed by atoms with van der Waals surface area (Å²) < 4.78 is 86.1. The van der Waals surface area contributed by atoms with Gasteiger partial charge in [0.15, 0.2) is 0 Å². The van der Waals surface area contributed by atoms with E-state index >= 15 is 0 Å². The largest absolute Gasteiger partial charge is 0.424 e. The van der Waals surface area contributed by atoms with Crippen LogP contribution in [0.15, 0.2) is 30.3 Å². The number of hydrogen-bond donors (Lipinski definition) is 1. The van der Waals surface area contributed by atoms with Crippen LogP contribution in [0.25, 0.3) is 0 Å². The van der Waals surface area contributed by atoms with Crippen molar-refractivity contribution in [3.63, 3.8) is 0 Å². The van der Waals surface area contributed by atoms with Gasteiger partial charge in [-0.2, -0.15) is 26.3 Å². The Hall–Kier alpha value is -2.26. The Labute approximate surface area is 224 Å². The van der Waals surface area contributed by atoms with E-state index in [1.54, 1.807) is 0 Å². The quantitative estimate of drug-likeness (QED) is 0.425. The fourth-order valence-corrected chi connectivity index (χ4v) is 9.24. The molecule has 39 heavy (non-hydrogen) atoms. The van der Waals surface area contributed by atoms with E-state index in [9.17, 15) is 35.9 Å².